The van der Waals surface area contributed by atoms with Gasteiger partial charge in [-0.2, -0.15) is 9.97 Å². The minimum Gasteiger partial charge on any atom is -0.467 e. The molecule has 0 amide bonds. The molecule has 5 nitrogen and oxygen atoms in total. The van der Waals surface area contributed by atoms with Crippen molar-refractivity contribution in [1.29, 1.82) is 0 Å². The molecular formula is C24H18F2N4O. The van der Waals surface area contributed by atoms with Crippen LogP contribution in [-0.4, -0.2) is 35.2 Å². The minimum atomic E-state index is -0.627. The van der Waals surface area contributed by atoms with Crippen molar-refractivity contribution in [3.8, 4) is 29.6 Å². The summed E-state index contributed by atoms with van der Waals surface area (Å²) < 4.78 is 35.5. The van der Waals surface area contributed by atoms with Gasteiger partial charge in [0.2, 0.25) is 0 Å². The molecule has 31 heavy (non-hydrogen) atoms. The molecule has 0 bridgehead atoms. The summed E-state index contributed by atoms with van der Waals surface area (Å²) in [6, 6.07) is 8.25. The fourth-order valence-electron chi connectivity index (χ4n) is 4.16. The number of rotatable bonds is 3. The summed E-state index contributed by atoms with van der Waals surface area (Å²) in [4.78, 5) is 15.2. The Hall–Kier alpha value is -3.79. The van der Waals surface area contributed by atoms with Gasteiger partial charge in [0, 0.05) is 30.2 Å². The van der Waals surface area contributed by atoms with Crippen LogP contribution in [0.3, 0.4) is 0 Å². The zero-order valence-electron chi connectivity index (χ0n) is 16.8. The van der Waals surface area contributed by atoms with Gasteiger partial charge in [0.15, 0.2) is 5.82 Å². The van der Waals surface area contributed by atoms with E-state index < -0.39 is 11.6 Å². The Morgan fingerprint density at radius 3 is 2.65 bits per heavy atom. The highest BCUT2D eigenvalue weighted by Gasteiger charge is 2.23. The highest BCUT2D eigenvalue weighted by atomic mass is 19.1. The van der Waals surface area contributed by atoms with E-state index in [1.165, 1.54) is 13.2 Å². The number of benzene rings is 2. The number of terminal acetylenes is 1. The first-order chi connectivity index (χ1) is 15.1. The van der Waals surface area contributed by atoms with Gasteiger partial charge in [-0.25, -0.2) is 8.78 Å². The Morgan fingerprint density at radius 1 is 1.10 bits per heavy atom. The molecule has 0 N–H and O–H groups in total. The summed E-state index contributed by atoms with van der Waals surface area (Å²) in [6.45, 7) is 1.65. The van der Waals surface area contributed by atoms with Crippen molar-refractivity contribution >= 4 is 27.5 Å². The van der Waals surface area contributed by atoms with Gasteiger partial charge >= 0.3 is 6.01 Å². The quantitative estimate of drug-likeness (QED) is 0.453. The molecular weight excluding hydrogens is 398 g/mol. The topological polar surface area (TPSA) is 51.1 Å². The maximum Gasteiger partial charge on any atom is 0.318 e. The molecule has 1 aliphatic rings. The largest absolute Gasteiger partial charge is 0.467 e. The van der Waals surface area contributed by atoms with E-state index in [2.05, 4.69) is 25.8 Å². The summed E-state index contributed by atoms with van der Waals surface area (Å²) in [5.41, 5.74) is 0.639. The fourth-order valence-corrected chi connectivity index (χ4v) is 4.16. The average molecular weight is 416 g/mol. The molecule has 0 atom stereocenters. The second-order valence-electron chi connectivity index (χ2n) is 7.38. The summed E-state index contributed by atoms with van der Waals surface area (Å²) in [7, 11) is 1.45. The third kappa shape index (κ3) is 3.03. The fraction of sp³-hybridized carbons (Fsp3) is 0.208. The Morgan fingerprint density at radius 2 is 1.90 bits per heavy atom. The van der Waals surface area contributed by atoms with Crippen molar-refractivity contribution < 1.29 is 13.5 Å². The van der Waals surface area contributed by atoms with Crippen LogP contribution >= 0.6 is 0 Å². The average Bonchev–Trinajstić information content (AvgIpc) is 3.33. The maximum absolute atomic E-state index is 15.8. The molecule has 154 valence electrons. The molecule has 4 aromatic rings. The van der Waals surface area contributed by atoms with E-state index in [1.54, 1.807) is 30.5 Å². The molecule has 2 aromatic carbocycles. The summed E-state index contributed by atoms with van der Waals surface area (Å²) >= 11 is 0. The summed E-state index contributed by atoms with van der Waals surface area (Å²) in [5.74, 6) is 1.83. The summed E-state index contributed by atoms with van der Waals surface area (Å²) in [6.07, 6.45) is 9.22. The Kier molecular flexibility index (Phi) is 4.63. The molecule has 3 heterocycles. The molecule has 0 spiro atoms. The first-order valence-electron chi connectivity index (χ1n) is 9.95. The van der Waals surface area contributed by atoms with Gasteiger partial charge in [-0.3, -0.25) is 4.98 Å². The molecule has 0 radical (unpaired) electrons. The molecule has 7 heteroatoms. The van der Waals surface area contributed by atoms with E-state index >= 15 is 4.39 Å². The number of nitrogens with zero attached hydrogens (tertiary/aromatic N) is 4. The molecule has 1 fully saturated rings. The van der Waals surface area contributed by atoms with E-state index in [0.29, 0.717) is 27.5 Å². The van der Waals surface area contributed by atoms with E-state index in [0.717, 1.165) is 25.9 Å². The van der Waals surface area contributed by atoms with Crippen molar-refractivity contribution in [2.45, 2.75) is 12.8 Å². The zero-order chi connectivity index (χ0) is 21.5. The molecule has 2 aromatic heterocycles. The molecule has 1 saturated heterocycles. The van der Waals surface area contributed by atoms with Crippen LogP contribution in [0.5, 0.6) is 6.01 Å². The lowest BCUT2D eigenvalue weighted by molar-refractivity contribution is 0.381. The van der Waals surface area contributed by atoms with Crippen molar-refractivity contribution in [2.75, 3.05) is 25.1 Å². The Bertz CT molecular complexity index is 1370. The monoisotopic (exact) mass is 416 g/mol. The van der Waals surface area contributed by atoms with Crippen molar-refractivity contribution in [1.82, 2.24) is 15.0 Å². The van der Waals surface area contributed by atoms with Crippen LogP contribution in [0.4, 0.5) is 14.6 Å². The van der Waals surface area contributed by atoms with Crippen molar-refractivity contribution in [2.24, 2.45) is 0 Å². The van der Waals surface area contributed by atoms with Crippen LogP contribution in [0.2, 0.25) is 0 Å². The van der Waals surface area contributed by atoms with Gasteiger partial charge in [-0.05, 0) is 24.3 Å². The highest BCUT2D eigenvalue weighted by molar-refractivity contribution is 6.02. The second kappa shape index (κ2) is 7.47. The smallest absolute Gasteiger partial charge is 0.318 e. The van der Waals surface area contributed by atoms with Crippen LogP contribution in [0, 0.1) is 24.0 Å². The number of hydrogen-bond acceptors (Lipinski definition) is 5. The van der Waals surface area contributed by atoms with Crippen LogP contribution in [0.1, 0.15) is 18.4 Å². The standard InChI is InChI=1S/C24H18F2N4O/c1-3-15-18(25)10-9-14-7-6-8-16(19(14)15)21-20(26)22-17(13-27-21)23(29-24(28-22)31-2)30-11-4-5-12-30/h1,6-10,13H,4-5,11-12H2,2H3. The van der Waals surface area contributed by atoms with E-state index in [4.69, 9.17) is 11.2 Å². The van der Waals surface area contributed by atoms with Crippen LogP contribution in [0.15, 0.2) is 36.5 Å². The maximum atomic E-state index is 15.8. The third-order valence-corrected chi connectivity index (χ3v) is 5.63. The molecule has 1 aliphatic heterocycles. The van der Waals surface area contributed by atoms with Gasteiger partial charge in [-0.15, -0.1) is 6.42 Å². The first kappa shape index (κ1) is 19.2. The number of anilines is 1. The Labute approximate surface area is 177 Å². The number of methoxy groups -OCH3 is 1. The van der Waals surface area contributed by atoms with E-state index in [1.807, 2.05) is 0 Å². The van der Waals surface area contributed by atoms with E-state index in [-0.39, 0.29) is 22.8 Å². The van der Waals surface area contributed by atoms with Gasteiger partial charge in [-0.1, -0.05) is 30.2 Å². The lowest BCUT2D eigenvalue weighted by Crippen LogP contribution is -2.20. The lowest BCUT2D eigenvalue weighted by atomic mass is 9.96. The minimum absolute atomic E-state index is 0.0494. The third-order valence-electron chi connectivity index (χ3n) is 5.63. The molecule has 5 rings (SSSR count). The van der Waals surface area contributed by atoms with Crippen molar-refractivity contribution in [3.05, 3.63) is 53.7 Å². The normalized spacial score (nSPS) is 13.7. The molecule has 0 saturated carbocycles. The van der Waals surface area contributed by atoms with E-state index in [9.17, 15) is 4.39 Å². The van der Waals surface area contributed by atoms with Crippen molar-refractivity contribution in [3.63, 3.8) is 0 Å². The predicted octanol–water partition coefficient (Wildman–Crippen LogP) is 4.71. The number of pyridine rings is 1. The second-order valence-corrected chi connectivity index (χ2v) is 7.38. The SMILES string of the molecule is C#Cc1c(F)ccc2cccc(-c3ncc4c(N5CCCC5)nc(OC)nc4c3F)c12. The number of aromatic nitrogens is 3. The number of halogens is 2. The van der Waals surface area contributed by atoms with Crippen LogP contribution in [-0.2, 0) is 0 Å². The van der Waals surface area contributed by atoms with Gasteiger partial charge in [0.1, 0.15) is 22.8 Å². The first-order valence-corrected chi connectivity index (χ1v) is 9.95. The zero-order valence-corrected chi connectivity index (χ0v) is 16.8. The summed E-state index contributed by atoms with van der Waals surface area (Å²) in [5, 5.41) is 1.65. The predicted molar refractivity (Wildman–Crippen MR) is 116 cm³/mol. The highest BCUT2D eigenvalue weighted by Crippen LogP contribution is 2.36. The Balaban J connectivity index is 1.81. The van der Waals surface area contributed by atoms with Crippen LogP contribution < -0.4 is 9.64 Å². The number of ether oxygens (including phenoxy) is 1. The van der Waals surface area contributed by atoms with Gasteiger partial charge in [0.05, 0.1) is 18.1 Å². The van der Waals surface area contributed by atoms with Gasteiger partial charge < -0.3 is 9.64 Å². The van der Waals surface area contributed by atoms with Gasteiger partial charge in [0.25, 0.3) is 0 Å². The number of hydrogen-bond donors (Lipinski definition) is 0. The molecule has 0 unspecified atom stereocenters. The lowest BCUT2D eigenvalue weighted by Gasteiger charge is -2.19. The number of fused-ring (bicyclic) bond motifs is 2. The molecule has 0 aliphatic carbocycles. The van der Waals surface area contributed by atoms with Crippen LogP contribution in [0.25, 0.3) is 32.9 Å².